The van der Waals surface area contributed by atoms with Crippen LogP contribution in [0.2, 0.25) is 0 Å². The molecule has 9 heteroatoms. The van der Waals surface area contributed by atoms with Crippen molar-refractivity contribution in [2.24, 2.45) is 5.92 Å². The van der Waals surface area contributed by atoms with Crippen LogP contribution < -0.4 is 9.47 Å². The summed E-state index contributed by atoms with van der Waals surface area (Å²) in [6.45, 7) is 0.344. The fourth-order valence-corrected chi connectivity index (χ4v) is 1.98. The summed E-state index contributed by atoms with van der Waals surface area (Å²) in [4.78, 5) is 0. The van der Waals surface area contributed by atoms with Crippen molar-refractivity contribution in [3.63, 3.8) is 0 Å². The highest BCUT2D eigenvalue weighted by Gasteiger charge is 2.60. The quantitative estimate of drug-likeness (QED) is 0.852. The first kappa shape index (κ1) is 15.7. The van der Waals surface area contributed by atoms with Crippen LogP contribution in [0.5, 0.6) is 11.5 Å². The minimum absolute atomic E-state index is 0.000832. The lowest BCUT2D eigenvalue weighted by Crippen LogP contribution is -2.40. The maximum absolute atomic E-state index is 12.6. The van der Waals surface area contributed by atoms with Crippen LogP contribution in [-0.2, 0) is 0 Å². The van der Waals surface area contributed by atoms with E-state index >= 15 is 0 Å². The van der Waals surface area contributed by atoms with E-state index in [1.807, 2.05) is 0 Å². The van der Waals surface area contributed by atoms with Crippen LogP contribution in [0.25, 0.3) is 0 Å². The topological polar surface area (TPSA) is 38.7 Å². The zero-order valence-corrected chi connectivity index (χ0v) is 10.3. The molecule has 0 radical (unpaired) electrons. The Kier molecular flexibility index (Phi) is 3.96. The second-order valence-electron chi connectivity index (χ2n) is 4.41. The van der Waals surface area contributed by atoms with E-state index in [4.69, 9.17) is 9.47 Å². The van der Waals surface area contributed by atoms with Gasteiger partial charge in [-0.15, -0.1) is 0 Å². The lowest BCUT2D eigenvalue weighted by molar-refractivity contribution is -0.307. The Morgan fingerprint density at radius 2 is 1.43 bits per heavy atom. The first-order chi connectivity index (χ1) is 9.60. The molecule has 1 atom stereocenters. The normalized spacial score (nSPS) is 17.0. The third-order valence-electron chi connectivity index (χ3n) is 2.93. The zero-order valence-electron chi connectivity index (χ0n) is 10.3. The standard InChI is InChI=1S/C12H10F6O3/c13-11(14,15)10(12(16,17)18)9(19)6-1-2-7-8(5-6)21-4-3-20-7/h1-2,5,9-10,19H,3-4H2. The molecule has 1 unspecified atom stereocenters. The summed E-state index contributed by atoms with van der Waals surface area (Å²) >= 11 is 0. The predicted octanol–water partition coefficient (Wildman–Crippen LogP) is 3.23. The van der Waals surface area contributed by atoms with Crippen molar-refractivity contribution in [3.8, 4) is 11.5 Å². The van der Waals surface area contributed by atoms with Gasteiger partial charge in [0.25, 0.3) is 0 Å². The lowest BCUT2D eigenvalue weighted by atomic mass is 9.94. The Bertz CT molecular complexity index is 497. The summed E-state index contributed by atoms with van der Waals surface area (Å²) < 4.78 is 85.5. The number of rotatable bonds is 2. The zero-order chi connectivity index (χ0) is 15.8. The molecule has 0 aliphatic carbocycles. The van der Waals surface area contributed by atoms with Crippen molar-refractivity contribution in [1.82, 2.24) is 0 Å². The number of ether oxygens (including phenoxy) is 2. The van der Waals surface area contributed by atoms with E-state index in [2.05, 4.69) is 0 Å². The number of halogens is 6. The van der Waals surface area contributed by atoms with E-state index in [9.17, 15) is 31.4 Å². The first-order valence-corrected chi connectivity index (χ1v) is 5.82. The number of aliphatic hydroxyl groups excluding tert-OH is 1. The van der Waals surface area contributed by atoms with Gasteiger partial charge in [0, 0.05) is 0 Å². The molecule has 1 aromatic rings. The first-order valence-electron chi connectivity index (χ1n) is 5.82. The van der Waals surface area contributed by atoms with Gasteiger partial charge in [-0.1, -0.05) is 6.07 Å². The van der Waals surface area contributed by atoms with E-state index in [0.717, 1.165) is 18.2 Å². The molecule has 0 bridgehead atoms. The number of benzene rings is 1. The Hall–Kier alpha value is -1.64. The van der Waals surface area contributed by atoms with E-state index < -0.39 is 29.9 Å². The van der Waals surface area contributed by atoms with Crippen LogP contribution in [0.4, 0.5) is 26.3 Å². The molecule has 2 rings (SSSR count). The molecule has 1 aromatic carbocycles. The molecule has 0 fully saturated rings. The molecule has 21 heavy (non-hydrogen) atoms. The Labute approximate surface area is 115 Å². The molecule has 1 aliphatic rings. The molecule has 1 aliphatic heterocycles. The predicted molar refractivity (Wildman–Crippen MR) is 58.0 cm³/mol. The van der Waals surface area contributed by atoms with Crippen LogP contribution in [0.3, 0.4) is 0 Å². The second-order valence-corrected chi connectivity index (χ2v) is 4.41. The van der Waals surface area contributed by atoms with Crippen molar-refractivity contribution in [2.75, 3.05) is 13.2 Å². The molecule has 3 nitrogen and oxygen atoms in total. The van der Waals surface area contributed by atoms with Gasteiger partial charge in [-0.05, 0) is 17.7 Å². The summed E-state index contributed by atoms with van der Waals surface area (Å²) in [5, 5.41) is 9.52. The van der Waals surface area contributed by atoms with Gasteiger partial charge < -0.3 is 14.6 Å². The number of aliphatic hydroxyl groups is 1. The fourth-order valence-electron chi connectivity index (χ4n) is 1.98. The molecular weight excluding hydrogens is 306 g/mol. The average Bonchev–Trinajstić information content (AvgIpc) is 2.34. The maximum atomic E-state index is 12.6. The van der Waals surface area contributed by atoms with Gasteiger partial charge in [0.1, 0.15) is 13.2 Å². The largest absolute Gasteiger partial charge is 0.486 e. The Morgan fingerprint density at radius 3 is 1.95 bits per heavy atom. The fraction of sp³-hybridized carbons (Fsp3) is 0.500. The van der Waals surface area contributed by atoms with Crippen molar-refractivity contribution in [2.45, 2.75) is 18.5 Å². The molecular formula is C12H10F6O3. The van der Waals surface area contributed by atoms with Crippen LogP contribution >= 0.6 is 0 Å². The second kappa shape index (κ2) is 5.28. The molecule has 0 spiro atoms. The van der Waals surface area contributed by atoms with Crippen molar-refractivity contribution < 1.29 is 40.9 Å². The van der Waals surface area contributed by atoms with Crippen molar-refractivity contribution >= 4 is 0 Å². The number of alkyl halides is 6. The molecule has 118 valence electrons. The van der Waals surface area contributed by atoms with Crippen LogP contribution in [0, 0.1) is 5.92 Å². The Balaban J connectivity index is 2.35. The number of hydrogen-bond donors (Lipinski definition) is 1. The van der Waals surface area contributed by atoms with Gasteiger partial charge in [0.15, 0.2) is 17.4 Å². The minimum atomic E-state index is -5.62. The van der Waals surface area contributed by atoms with E-state index in [-0.39, 0.29) is 24.7 Å². The third-order valence-corrected chi connectivity index (χ3v) is 2.93. The monoisotopic (exact) mass is 316 g/mol. The molecule has 1 heterocycles. The number of fused-ring (bicyclic) bond motifs is 1. The highest BCUT2D eigenvalue weighted by molar-refractivity contribution is 5.44. The maximum Gasteiger partial charge on any atom is 0.403 e. The van der Waals surface area contributed by atoms with E-state index in [0.29, 0.717) is 0 Å². The third kappa shape index (κ3) is 3.34. The minimum Gasteiger partial charge on any atom is -0.486 e. The van der Waals surface area contributed by atoms with Gasteiger partial charge in [0.2, 0.25) is 0 Å². The van der Waals surface area contributed by atoms with Crippen LogP contribution in [0.1, 0.15) is 11.7 Å². The Morgan fingerprint density at radius 1 is 0.905 bits per heavy atom. The summed E-state index contributed by atoms with van der Waals surface area (Å²) in [7, 11) is 0. The molecule has 0 saturated carbocycles. The van der Waals surface area contributed by atoms with E-state index in [1.165, 1.54) is 0 Å². The van der Waals surface area contributed by atoms with Crippen LogP contribution in [0.15, 0.2) is 18.2 Å². The van der Waals surface area contributed by atoms with Crippen molar-refractivity contribution in [3.05, 3.63) is 23.8 Å². The summed E-state index contributed by atoms with van der Waals surface area (Å²) in [5.41, 5.74) is -0.543. The highest BCUT2D eigenvalue weighted by Crippen LogP contribution is 2.47. The van der Waals surface area contributed by atoms with Crippen molar-refractivity contribution in [1.29, 1.82) is 0 Å². The summed E-state index contributed by atoms with van der Waals surface area (Å²) in [6, 6.07) is 3.03. The molecule has 0 aromatic heterocycles. The highest BCUT2D eigenvalue weighted by atomic mass is 19.4. The van der Waals surface area contributed by atoms with E-state index in [1.54, 1.807) is 0 Å². The van der Waals surface area contributed by atoms with Gasteiger partial charge in [-0.2, -0.15) is 26.3 Å². The molecule has 0 amide bonds. The lowest BCUT2D eigenvalue weighted by Gasteiger charge is -2.28. The van der Waals surface area contributed by atoms with Gasteiger partial charge >= 0.3 is 12.4 Å². The van der Waals surface area contributed by atoms with Gasteiger partial charge in [-0.3, -0.25) is 0 Å². The smallest absolute Gasteiger partial charge is 0.403 e. The van der Waals surface area contributed by atoms with Gasteiger partial charge in [-0.25, -0.2) is 0 Å². The number of hydrogen-bond acceptors (Lipinski definition) is 3. The SMILES string of the molecule is OC(c1ccc2c(c1)OCCO2)C(C(F)(F)F)C(F)(F)F. The molecule has 0 saturated heterocycles. The van der Waals surface area contributed by atoms with Gasteiger partial charge in [0.05, 0.1) is 6.10 Å². The summed E-state index contributed by atoms with van der Waals surface area (Å²) in [5.74, 6) is -3.67. The van der Waals surface area contributed by atoms with Crippen LogP contribution in [-0.4, -0.2) is 30.7 Å². The summed E-state index contributed by atoms with van der Waals surface area (Å²) in [6.07, 6.45) is -14.0. The molecule has 1 N–H and O–H groups in total. The average molecular weight is 316 g/mol.